The molecule has 2 aliphatic rings. The number of ether oxygens (including phenoxy) is 1. The molecule has 174 valence electrons. The molecule has 0 atom stereocenters. The minimum absolute atomic E-state index is 0.340. The van der Waals surface area contributed by atoms with Gasteiger partial charge >= 0.3 is 0 Å². The highest BCUT2D eigenvalue weighted by Crippen LogP contribution is 2.51. The zero-order valence-corrected chi connectivity index (χ0v) is 19.7. The lowest BCUT2D eigenvalue weighted by Crippen LogP contribution is -2.49. The van der Waals surface area contributed by atoms with Crippen LogP contribution in [-0.2, 0) is 30.6 Å². The SMILES string of the molecule is CS(=O)(=O)n1c2ccccc2cc1[C@]1(OCC2CC2)CC[C@](C(N)=O)(c2ccccc2)CC1. The molecule has 0 bridgehead atoms. The molecule has 3 aromatic rings. The van der Waals surface area contributed by atoms with E-state index in [2.05, 4.69) is 0 Å². The second-order valence-corrected chi connectivity index (χ2v) is 11.5. The smallest absolute Gasteiger partial charge is 0.236 e. The summed E-state index contributed by atoms with van der Waals surface area (Å²) in [7, 11) is -3.58. The fraction of sp³-hybridized carbons (Fsp3) is 0.423. The van der Waals surface area contributed by atoms with Crippen molar-refractivity contribution >= 4 is 26.8 Å². The lowest BCUT2D eigenvalue weighted by molar-refractivity contribution is -0.132. The van der Waals surface area contributed by atoms with E-state index in [0.29, 0.717) is 49.4 Å². The molecule has 0 aliphatic heterocycles. The first-order valence-corrected chi connectivity index (χ1v) is 13.4. The maximum absolute atomic E-state index is 13.0. The molecule has 1 aromatic heterocycles. The van der Waals surface area contributed by atoms with Crippen molar-refractivity contribution in [2.75, 3.05) is 12.9 Å². The number of benzene rings is 2. The number of rotatable bonds is 7. The van der Waals surface area contributed by atoms with Crippen molar-refractivity contribution in [1.82, 2.24) is 3.97 Å². The molecule has 1 amide bonds. The molecule has 2 fully saturated rings. The van der Waals surface area contributed by atoms with Gasteiger partial charge in [0.2, 0.25) is 15.9 Å². The molecule has 2 aliphatic carbocycles. The van der Waals surface area contributed by atoms with Crippen LogP contribution in [-0.4, -0.2) is 31.2 Å². The van der Waals surface area contributed by atoms with Crippen LogP contribution < -0.4 is 5.73 Å². The fourth-order valence-electron chi connectivity index (χ4n) is 5.36. The molecule has 2 saturated carbocycles. The van der Waals surface area contributed by atoms with Crippen molar-refractivity contribution in [2.24, 2.45) is 11.7 Å². The summed E-state index contributed by atoms with van der Waals surface area (Å²) in [5.41, 5.74) is 6.61. The Bertz CT molecular complexity index is 1280. The van der Waals surface area contributed by atoms with E-state index in [-0.39, 0.29) is 5.91 Å². The summed E-state index contributed by atoms with van der Waals surface area (Å²) in [6.45, 7) is 0.597. The molecular formula is C26H30N2O4S. The highest BCUT2D eigenvalue weighted by Gasteiger charge is 2.50. The van der Waals surface area contributed by atoms with Crippen molar-refractivity contribution < 1.29 is 17.9 Å². The normalized spacial score (nSPS) is 25.8. The predicted molar refractivity (Wildman–Crippen MR) is 128 cm³/mol. The molecular weight excluding hydrogens is 436 g/mol. The molecule has 6 nitrogen and oxygen atoms in total. The van der Waals surface area contributed by atoms with E-state index in [0.717, 1.165) is 23.8 Å². The van der Waals surface area contributed by atoms with Gasteiger partial charge < -0.3 is 10.5 Å². The summed E-state index contributed by atoms with van der Waals surface area (Å²) >= 11 is 0. The van der Waals surface area contributed by atoms with E-state index in [9.17, 15) is 13.2 Å². The molecule has 0 spiro atoms. The average Bonchev–Trinajstić information content (AvgIpc) is 3.54. The van der Waals surface area contributed by atoms with Gasteiger partial charge in [-0.05, 0) is 62.1 Å². The third-order valence-electron chi connectivity index (χ3n) is 7.47. The Labute approximate surface area is 194 Å². The second-order valence-electron chi connectivity index (χ2n) is 9.68. The Kier molecular flexibility index (Phi) is 5.37. The van der Waals surface area contributed by atoms with Gasteiger partial charge in [-0.15, -0.1) is 0 Å². The Balaban J connectivity index is 1.61. The number of hydrogen-bond acceptors (Lipinski definition) is 4. The zero-order valence-electron chi connectivity index (χ0n) is 18.9. The number of carbonyl (C=O) groups is 1. The summed E-state index contributed by atoms with van der Waals surface area (Å²) in [5, 5.41) is 0.863. The van der Waals surface area contributed by atoms with Crippen LogP contribution in [0.15, 0.2) is 60.7 Å². The molecule has 1 heterocycles. The number of primary amides is 1. The quantitative estimate of drug-likeness (QED) is 0.568. The van der Waals surface area contributed by atoms with Crippen molar-refractivity contribution in [3.05, 3.63) is 71.9 Å². The average molecular weight is 467 g/mol. The molecule has 0 radical (unpaired) electrons. The third kappa shape index (κ3) is 3.87. The number of nitrogens with two attached hydrogens (primary N) is 1. The standard InChI is InChI=1S/C26H30N2O4S/c1-33(30,31)28-22-10-6-5-7-20(22)17-23(28)26(32-18-19-11-12-19)15-13-25(14-16-26,24(27)29)21-8-3-2-4-9-21/h2-10,17,19H,11-16,18H2,1H3,(H2,27,29)/t25-,26+. The van der Waals surface area contributed by atoms with Gasteiger partial charge in [0.15, 0.2) is 0 Å². The van der Waals surface area contributed by atoms with Gasteiger partial charge in [-0.3, -0.25) is 4.79 Å². The van der Waals surface area contributed by atoms with E-state index in [1.165, 1.54) is 10.2 Å². The first-order chi connectivity index (χ1) is 15.8. The van der Waals surface area contributed by atoms with Crippen LogP contribution in [0.2, 0.25) is 0 Å². The third-order valence-corrected chi connectivity index (χ3v) is 8.52. The van der Waals surface area contributed by atoms with Crippen LogP contribution in [0.4, 0.5) is 0 Å². The maximum Gasteiger partial charge on any atom is 0.236 e. The topological polar surface area (TPSA) is 91.4 Å². The molecule has 0 saturated heterocycles. The van der Waals surface area contributed by atoms with Gasteiger partial charge in [0.05, 0.1) is 29.5 Å². The maximum atomic E-state index is 13.0. The van der Waals surface area contributed by atoms with E-state index in [1.54, 1.807) is 0 Å². The Morgan fingerprint density at radius 2 is 1.67 bits per heavy atom. The van der Waals surface area contributed by atoms with Crippen LogP contribution in [0.5, 0.6) is 0 Å². The van der Waals surface area contributed by atoms with Gasteiger partial charge in [-0.1, -0.05) is 48.5 Å². The first kappa shape index (κ1) is 22.2. The Morgan fingerprint density at radius 1 is 1.03 bits per heavy atom. The largest absolute Gasteiger partial charge is 0.369 e. The van der Waals surface area contributed by atoms with Crippen molar-refractivity contribution in [2.45, 2.75) is 49.5 Å². The minimum atomic E-state index is -3.58. The van der Waals surface area contributed by atoms with Crippen LogP contribution in [0.3, 0.4) is 0 Å². The van der Waals surface area contributed by atoms with E-state index < -0.39 is 21.0 Å². The number of hydrogen-bond donors (Lipinski definition) is 1. The zero-order chi connectivity index (χ0) is 23.3. The first-order valence-electron chi connectivity index (χ1n) is 11.6. The van der Waals surface area contributed by atoms with E-state index in [1.807, 2.05) is 60.7 Å². The Hall–Kier alpha value is -2.64. The van der Waals surface area contributed by atoms with Gasteiger partial charge in [-0.2, -0.15) is 0 Å². The predicted octanol–water partition coefficient (Wildman–Crippen LogP) is 4.07. The number of aromatic nitrogens is 1. The Morgan fingerprint density at radius 3 is 2.27 bits per heavy atom. The molecule has 2 aromatic carbocycles. The monoisotopic (exact) mass is 466 g/mol. The van der Waals surface area contributed by atoms with Crippen LogP contribution >= 0.6 is 0 Å². The minimum Gasteiger partial charge on any atom is -0.369 e. The lowest BCUT2D eigenvalue weighted by atomic mass is 9.64. The van der Waals surface area contributed by atoms with E-state index in [4.69, 9.17) is 10.5 Å². The number of nitrogens with zero attached hydrogens (tertiary/aromatic N) is 1. The number of carbonyl (C=O) groups excluding carboxylic acids is 1. The van der Waals surface area contributed by atoms with Gasteiger partial charge in [0, 0.05) is 5.39 Å². The lowest BCUT2D eigenvalue weighted by Gasteiger charge is -2.45. The van der Waals surface area contributed by atoms with Crippen molar-refractivity contribution in [1.29, 1.82) is 0 Å². The molecule has 0 unspecified atom stereocenters. The van der Waals surface area contributed by atoms with Gasteiger partial charge in [-0.25, -0.2) is 12.4 Å². The summed E-state index contributed by atoms with van der Waals surface area (Å²) in [6.07, 6.45) is 5.55. The molecule has 33 heavy (non-hydrogen) atoms. The van der Waals surface area contributed by atoms with Crippen LogP contribution in [0.1, 0.15) is 49.8 Å². The fourth-order valence-corrected chi connectivity index (χ4v) is 6.46. The van der Waals surface area contributed by atoms with E-state index >= 15 is 0 Å². The molecule has 5 rings (SSSR count). The molecule has 7 heteroatoms. The van der Waals surface area contributed by atoms with Crippen LogP contribution in [0.25, 0.3) is 10.9 Å². The summed E-state index contributed by atoms with van der Waals surface area (Å²) in [4.78, 5) is 12.7. The summed E-state index contributed by atoms with van der Waals surface area (Å²) in [5.74, 6) is 0.183. The van der Waals surface area contributed by atoms with Crippen LogP contribution in [0, 0.1) is 5.92 Å². The highest BCUT2D eigenvalue weighted by atomic mass is 32.2. The van der Waals surface area contributed by atoms with Gasteiger partial charge in [0.25, 0.3) is 0 Å². The van der Waals surface area contributed by atoms with Crippen molar-refractivity contribution in [3.8, 4) is 0 Å². The van der Waals surface area contributed by atoms with Gasteiger partial charge in [0.1, 0.15) is 5.60 Å². The van der Waals surface area contributed by atoms with Crippen molar-refractivity contribution in [3.63, 3.8) is 0 Å². The molecule has 2 N–H and O–H groups in total. The number of para-hydroxylation sites is 1. The number of amides is 1. The second kappa shape index (κ2) is 7.99. The summed E-state index contributed by atoms with van der Waals surface area (Å²) < 4.78 is 34.0. The summed E-state index contributed by atoms with van der Waals surface area (Å²) in [6, 6.07) is 19.1. The highest BCUT2D eigenvalue weighted by molar-refractivity contribution is 7.89. The number of fused-ring (bicyclic) bond motifs is 1.